The molecule has 0 aromatic carbocycles. The molecule has 0 aromatic rings. The number of piperidine rings is 1. The Morgan fingerprint density at radius 3 is 2.62 bits per heavy atom. The van der Waals surface area contributed by atoms with Gasteiger partial charge in [-0.15, -0.1) is 0 Å². The third-order valence-electron chi connectivity index (χ3n) is 4.02. The summed E-state index contributed by atoms with van der Waals surface area (Å²) >= 11 is 0. The number of carbonyl (C=O) groups is 1. The first-order chi connectivity index (χ1) is 10.6. The molecule has 2 fully saturated rings. The Morgan fingerprint density at radius 2 is 2.00 bits per heavy atom. The third-order valence-corrected chi connectivity index (χ3v) is 4.02. The van der Waals surface area contributed by atoms with Gasteiger partial charge in [-0.05, 0) is 60.0 Å². The molecule has 0 aromatic heterocycles. The zero-order chi connectivity index (χ0) is 17.3. The molecule has 2 heterocycles. The van der Waals surface area contributed by atoms with E-state index in [1.54, 1.807) is 4.90 Å². The predicted molar refractivity (Wildman–Crippen MR) is 84.5 cm³/mol. The first-order valence-electron chi connectivity index (χ1n) is 9.07. The molecule has 2 aliphatic rings. The summed E-state index contributed by atoms with van der Waals surface area (Å²) < 4.78 is 22.2. The minimum Gasteiger partial charge on any atom is -0.444 e. The summed E-state index contributed by atoms with van der Waals surface area (Å²) in [6, 6.07) is 0.337. The van der Waals surface area contributed by atoms with Crippen LogP contribution < -0.4 is 5.32 Å². The van der Waals surface area contributed by atoms with Crippen LogP contribution in [0.3, 0.4) is 0 Å². The van der Waals surface area contributed by atoms with Gasteiger partial charge in [-0.3, -0.25) is 4.90 Å². The standard InChI is InChI=1S/C16H31N3O2/c1-13-12-17-8-5-9-19(13)14-6-10-18(11-7-14)15(20)21-16(2,3)4/h13-14,17H,5-12H2,1-4H3/i9D2. The second kappa shape index (κ2) is 6.97. The average Bonchev–Trinajstić information content (AvgIpc) is 2.55. The molecule has 0 saturated carbocycles. The highest BCUT2D eigenvalue weighted by Crippen LogP contribution is 2.21. The van der Waals surface area contributed by atoms with Crippen molar-refractivity contribution in [2.24, 2.45) is 0 Å². The van der Waals surface area contributed by atoms with E-state index in [2.05, 4.69) is 12.2 Å². The lowest BCUT2D eigenvalue weighted by Gasteiger charge is -2.40. The Bertz CT molecular complexity index is 418. The number of rotatable bonds is 1. The fraction of sp³-hybridized carbons (Fsp3) is 0.938. The van der Waals surface area contributed by atoms with Crippen LogP contribution in [0.15, 0.2) is 0 Å². The van der Waals surface area contributed by atoms with E-state index in [-0.39, 0.29) is 18.2 Å². The van der Waals surface area contributed by atoms with Gasteiger partial charge in [0.05, 0.1) is 0 Å². The third kappa shape index (κ3) is 4.85. The van der Waals surface area contributed by atoms with E-state index >= 15 is 0 Å². The molecule has 2 saturated heterocycles. The minimum absolute atomic E-state index is 0.158. The number of carbonyl (C=O) groups excluding carboxylic acids is 1. The average molecular weight is 299 g/mol. The minimum atomic E-state index is -1.29. The Labute approximate surface area is 131 Å². The van der Waals surface area contributed by atoms with Gasteiger partial charge >= 0.3 is 6.09 Å². The number of amides is 1. The number of nitrogens with zero attached hydrogens (tertiary/aromatic N) is 2. The van der Waals surface area contributed by atoms with Crippen molar-refractivity contribution in [3.8, 4) is 0 Å². The van der Waals surface area contributed by atoms with Gasteiger partial charge in [0.1, 0.15) is 5.60 Å². The first-order valence-corrected chi connectivity index (χ1v) is 8.07. The molecule has 1 amide bonds. The molecule has 5 heteroatoms. The van der Waals surface area contributed by atoms with Gasteiger partial charge in [0.2, 0.25) is 0 Å². The molecule has 1 atom stereocenters. The quantitative estimate of drug-likeness (QED) is 0.805. The molecule has 2 rings (SSSR count). The van der Waals surface area contributed by atoms with Crippen molar-refractivity contribution in [2.45, 2.75) is 64.6 Å². The molecule has 1 N–H and O–H groups in total. The maximum Gasteiger partial charge on any atom is 0.410 e. The monoisotopic (exact) mass is 299 g/mol. The van der Waals surface area contributed by atoms with Crippen LogP contribution in [0.2, 0.25) is 0 Å². The largest absolute Gasteiger partial charge is 0.444 e. The van der Waals surface area contributed by atoms with Gasteiger partial charge in [0, 0.05) is 34.5 Å². The van der Waals surface area contributed by atoms with Crippen molar-refractivity contribution >= 4 is 6.09 Å². The highest BCUT2D eigenvalue weighted by molar-refractivity contribution is 5.68. The van der Waals surface area contributed by atoms with Crippen LogP contribution in [0, 0.1) is 0 Å². The van der Waals surface area contributed by atoms with Crippen molar-refractivity contribution in [2.75, 3.05) is 32.7 Å². The van der Waals surface area contributed by atoms with Crippen LogP contribution in [0.1, 0.15) is 49.7 Å². The first kappa shape index (κ1) is 13.8. The van der Waals surface area contributed by atoms with Crippen molar-refractivity contribution in [1.29, 1.82) is 0 Å². The number of nitrogens with one attached hydrogen (secondary N) is 1. The number of hydrogen-bond acceptors (Lipinski definition) is 4. The SMILES string of the molecule is [2H]C1([2H])CCNCC(C)N1C1CCN(C(=O)OC(C)(C)C)CC1. The summed E-state index contributed by atoms with van der Waals surface area (Å²) in [7, 11) is 0. The highest BCUT2D eigenvalue weighted by atomic mass is 16.6. The Balaban J connectivity index is 1.96. The zero-order valence-electron chi connectivity index (χ0n) is 15.8. The lowest BCUT2D eigenvalue weighted by atomic mass is 10.0. The van der Waals surface area contributed by atoms with Crippen LogP contribution in [-0.4, -0.2) is 66.3 Å². The second-order valence-electron chi connectivity index (χ2n) is 7.07. The van der Waals surface area contributed by atoms with Crippen molar-refractivity contribution in [3.05, 3.63) is 0 Å². The summed E-state index contributed by atoms with van der Waals surface area (Å²) in [5.41, 5.74) is -0.476. The van der Waals surface area contributed by atoms with E-state index in [9.17, 15) is 4.79 Å². The van der Waals surface area contributed by atoms with Crippen molar-refractivity contribution in [3.63, 3.8) is 0 Å². The van der Waals surface area contributed by atoms with Gasteiger partial charge in [-0.1, -0.05) is 0 Å². The molecule has 0 aliphatic carbocycles. The molecule has 0 spiro atoms. The Kier molecular flexibility index (Phi) is 4.59. The molecule has 122 valence electrons. The highest BCUT2D eigenvalue weighted by Gasteiger charge is 2.31. The van der Waals surface area contributed by atoms with Crippen LogP contribution in [0.5, 0.6) is 0 Å². The predicted octanol–water partition coefficient (Wildman–Crippen LogP) is 2.07. The van der Waals surface area contributed by atoms with Gasteiger partial charge < -0.3 is 15.0 Å². The molecule has 5 nitrogen and oxygen atoms in total. The fourth-order valence-corrected chi connectivity index (χ4v) is 2.98. The molecule has 21 heavy (non-hydrogen) atoms. The summed E-state index contributed by atoms with van der Waals surface area (Å²) in [6.45, 7) is 9.20. The molecule has 0 bridgehead atoms. The second-order valence-corrected chi connectivity index (χ2v) is 7.07. The molecule has 1 unspecified atom stereocenters. The van der Waals surface area contributed by atoms with Crippen LogP contribution in [-0.2, 0) is 4.74 Å². The van der Waals surface area contributed by atoms with E-state index < -0.39 is 12.1 Å². The molecular formula is C16H31N3O2. The van der Waals surface area contributed by atoms with Crippen LogP contribution in [0.25, 0.3) is 0 Å². The molecular weight excluding hydrogens is 266 g/mol. The zero-order valence-corrected chi connectivity index (χ0v) is 13.8. The summed E-state index contributed by atoms with van der Waals surface area (Å²) in [4.78, 5) is 15.9. The van der Waals surface area contributed by atoms with E-state index in [0.717, 1.165) is 19.4 Å². The Morgan fingerprint density at radius 1 is 1.33 bits per heavy atom. The van der Waals surface area contributed by atoms with Gasteiger partial charge in [-0.2, -0.15) is 0 Å². The van der Waals surface area contributed by atoms with Crippen molar-refractivity contribution < 1.29 is 12.3 Å². The maximum absolute atomic E-state index is 12.1. The van der Waals surface area contributed by atoms with E-state index in [4.69, 9.17) is 7.48 Å². The molecule has 2 aliphatic heterocycles. The topological polar surface area (TPSA) is 44.8 Å². The lowest BCUT2D eigenvalue weighted by Crippen LogP contribution is -2.51. The van der Waals surface area contributed by atoms with Gasteiger partial charge in [0.15, 0.2) is 0 Å². The summed E-state index contributed by atoms with van der Waals surface area (Å²) in [5, 5.41) is 3.31. The lowest BCUT2D eigenvalue weighted by molar-refractivity contribution is 0.0122. The van der Waals surface area contributed by atoms with E-state index in [1.165, 1.54) is 0 Å². The van der Waals surface area contributed by atoms with Crippen LogP contribution in [0.4, 0.5) is 4.79 Å². The maximum atomic E-state index is 12.1. The molecule has 0 radical (unpaired) electrons. The number of ether oxygens (including phenoxy) is 1. The van der Waals surface area contributed by atoms with Gasteiger partial charge in [0.25, 0.3) is 0 Å². The fourth-order valence-electron chi connectivity index (χ4n) is 2.98. The summed E-state index contributed by atoms with van der Waals surface area (Å²) in [6.07, 6.45) is 1.83. The number of hydrogen-bond donors (Lipinski definition) is 1. The smallest absolute Gasteiger partial charge is 0.410 e. The van der Waals surface area contributed by atoms with Crippen molar-refractivity contribution in [1.82, 2.24) is 15.1 Å². The van der Waals surface area contributed by atoms with E-state index in [0.29, 0.717) is 26.1 Å². The van der Waals surface area contributed by atoms with Crippen LogP contribution >= 0.6 is 0 Å². The van der Waals surface area contributed by atoms with E-state index in [1.807, 2.05) is 25.7 Å². The van der Waals surface area contributed by atoms with Gasteiger partial charge in [-0.25, -0.2) is 4.79 Å². The Hall–Kier alpha value is -0.810. The normalized spacial score (nSPS) is 30.3. The summed E-state index contributed by atoms with van der Waals surface area (Å²) in [5.74, 6) is 0. The number of likely N-dealkylation sites (tertiary alicyclic amines) is 1.